The molecule has 1 aliphatic heterocycles. The highest BCUT2D eigenvalue weighted by atomic mass is 16.2. The van der Waals surface area contributed by atoms with Crippen LogP contribution in [-0.2, 0) is 13.0 Å². The van der Waals surface area contributed by atoms with Crippen molar-refractivity contribution in [3.8, 4) is 0 Å². The smallest absolute Gasteiger partial charge is 0.255 e. The quantitative estimate of drug-likeness (QED) is 0.607. The van der Waals surface area contributed by atoms with Gasteiger partial charge in [0.05, 0.1) is 5.56 Å². The second kappa shape index (κ2) is 9.43. The molecule has 1 aromatic heterocycles. The fourth-order valence-corrected chi connectivity index (χ4v) is 4.38. The first kappa shape index (κ1) is 21.9. The van der Waals surface area contributed by atoms with Gasteiger partial charge in [-0.25, -0.2) is 0 Å². The Labute approximate surface area is 190 Å². The van der Waals surface area contributed by atoms with Crippen molar-refractivity contribution in [3.05, 3.63) is 94.3 Å². The van der Waals surface area contributed by atoms with E-state index in [2.05, 4.69) is 23.6 Å². The molecule has 3 aromatic rings. The molecule has 2 aromatic carbocycles. The first-order valence-corrected chi connectivity index (χ1v) is 11.4. The van der Waals surface area contributed by atoms with Gasteiger partial charge >= 0.3 is 0 Å². The summed E-state index contributed by atoms with van der Waals surface area (Å²) in [5.74, 6) is 0.0950. The van der Waals surface area contributed by atoms with Crippen LogP contribution in [0, 0.1) is 13.8 Å². The first-order valence-electron chi connectivity index (χ1n) is 11.4. The van der Waals surface area contributed by atoms with E-state index in [4.69, 9.17) is 0 Å². The summed E-state index contributed by atoms with van der Waals surface area (Å²) in [6.45, 7) is 9.15. The van der Waals surface area contributed by atoms with Crippen LogP contribution in [0.3, 0.4) is 0 Å². The van der Waals surface area contributed by atoms with Gasteiger partial charge < -0.3 is 14.4 Å². The number of hydrogen-bond donors (Lipinski definition) is 0. The van der Waals surface area contributed by atoms with E-state index in [0.717, 1.165) is 29.9 Å². The minimum absolute atomic E-state index is 0.0424. The molecule has 0 bridgehead atoms. The molecule has 2 amide bonds. The Balaban J connectivity index is 1.41. The van der Waals surface area contributed by atoms with Crippen molar-refractivity contribution < 1.29 is 9.59 Å². The van der Waals surface area contributed by atoms with Crippen molar-refractivity contribution in [2.45, 2.75) is 33.7 Å². The number of carbonyl (C=O) groups excluding carboxylic acids is 2. The van der Waals surface area contributed by atoms with Crippen molar-refractivity contribution in [2.75, 3.05) is 26.2 Å². The molecule has 0 atom stereocenters. The van der Waals surface area contributed by atoms with E-state index < -0.39 is 0 Å². The molecule has 1 saturated heterocycles. The zero-order valence-corrected chi connectivity index (χ0v) is 19.2. The van der Waals surface area contributed by atoms with Crippen molar-refractivity contribution in [3.63, 3.8) is 0 Å². The van der Waals surface area contributed by atoms with Crippen molar-refractivity contribution in [1.82, 2.24) is 14.4 Å². The molecule has 5 nitrogen and oxygen atoms in total. The van der Waals surface area contributed by atoms with Crippen LogP contribution in [0.25, 0.3) is 0 Å². The zero-order valence-electron chi connectivity index (χ0n) is 19.2. The number of nitrogens with zero attached hydrogens (tertiary/aromatic N) is 3. The maximum Gasteiger partial charge on any atom is 0.255 e. The predicted molar refractivity (Wildman–Crippen MR) is 127 cm³/mol. The van der Waals surface area contributed by atoms with Crippen LogP contribution in [0.15, 0.2) is 60.7 Å². The second-order valence-corrected chi connectivity index (χ2v) is 8.49. The van der Waals surface area contributed by atoms with Gasteiger partial charge in [0, 0.05) is 49.7 Å². The van der Waals surface area contributed by atoms with E-state index in [9.17, 15) is 9.59 Å². The minimum atomic E-state index is 0.0424. The third-order valence-electron chi connectivity index (χ3n) is 6.45. The average molecular weight is 430 g/mol. The molecule has 0 N–H and O–H groups in total. The fraction of sp³-hybridized carbons (Fsp3) is 0.333. The van der Waals surface area contributed by atoms with E-state index in [1.54, 1.807) is 0 Å². The Kier molecular flexibility index (Phi) is 6.45. The van der Waals surface area contributed by atoms with Crippen LogP contribution in [0.2, 0.25) is 0 Å². The lowest BCUT2D eigenvalue weighted by molar-refractivity contribution is 0.0535. The van der Waals surface area contributed by atoms with Gasteiger partial charge in [-0.1, -0.05) is 49.4 Å². The lowest BCUT2D eigenvalue weighted by Gasteiger charge is -2.35. The van der Waals surface area contributed by atoms with Gasteiger partial charge in [-0.15, -0.1) is 0 Å². The SMILES string of the molecule is CCc1ccc(C(=O)N2CCN(C(=O)c3cc(C)n(Cc4ccccc4)c3C)CC2)cc1. The van der Waals surface area contributed by atoms with Gasteiger partial charge in [0.1, 0.15) is 0 Å². The molecule has 166 valence electrons. The second-order valence-electron chi connectivity index (χ2n) is 8.49. The van der Waals surface area contributed by atoms with Gasteiger partial charge in [0.15, 0.2) is 0 Å². The predicted octanol–water partition coefficient (Wildman–Crippen LogP) is 4.31. The molecule has 0 spiro atoms. The minimum Gasteiger partial charge on any atom is -0.344 e. The molecular weight excluding hydrogens is 398 g/mol. The number of amides is 2. The topological polar surface area (TPSA) is 45.6 Å². The normalized spacial score (nSPS) is 14.0. The van der Waals surface area contributed by atoms with E-state index in [-0.39, 0.29) is 11.8 Å². The third kappa shape index (κ3) is 4.47. The molecule has 0 aliphatic carbocycles. The van der Waals surface area contributed by atoms with Crippen LogP contribution >= 0.6 is 0 Å². The van der Waals surface area contributed by atoms with Crippen LogP contribution in [-0.4, -0.2) is 52.4 Å². The summed E-state index contributed by atoms with van der Waals surface area (Å²) in [7, 11) is 0. The van der Waals surface area contributed by atoms with E-state index in [1.165, 1.54) is 11.1 Å². The van der Waals surface area contributed by atoms with E-state index in [0.29, 0.717) is 31.7 Å². The summed E-state index contributed by atoms with van der Waals surface area (Å²) in [4.78, 5) is 29.8. The summed E-state index contributed by atoms with van der Waals surface area (Å²) in [6, 6.07) is 20.1. The Morgan fingerprint density at radius 3 is 1.97 bits per heavy atom. The van der Waals surface area contributed by atoms with Crippen LogP contribution < -0.4 is 0 Å². The Hall–Kier alpha value is -3.34. The molecule has 4 rings (SSSR count). The van der Waals surface area contributed by atoms with Gasteiger partial charge in [-0.3, -0.25) is 9.59 Å². The maximum absolute atomic E-state index is 13.3. The molecular formula is C27H31N3O2. The molecule has 0 radical (unpaired) electrons. The highest BCUT2D eigenvalue weighted by Gasteiger charge is 2.27. The van der Waals surface area contributed by atoms with Gasteiger partial charge in [-0.05, 0) is 49.6 Å². The van der Waals surface area contributed by atoms with Crippen molar-refractivity contribution in [2.24, 2.45) is 0 Å². The summed E-state index contributed by atoms with van der Waals surface area (Å²) in [5.41, 5.74) is 5.99. The van der Waals surface area contributed by atoms with Gasteiger partial charge in [0.25, 0.3) is 11.8 Å². The summed E-state index contributed by atoms with van der Waals surface area (Å²) < 4.78 is 2.20. The van der Waals surface area contributed by atoms with Crippen LogP contribution in [0.1, 0.15) is 50.2 Å². The molecule has 2 heterocycles. The van der Waals surface area contributed by atoms with Gasteiger partial charge in [-0.2, -0.15) is 0 Å². The molecule has 0 unspecified atom stereocenters. The molecule has 32 heavy (non-hydrogen) atoms. The lowest BCUT2D eigenvalue weighted by Crippen LogP contribution is -2.50. The molecule has 1 aliphatic rings. The largest absolute Gasteiger partial charge is 0.344 e. The Morgan fingerprint density at radius 1 is 0.781 bits per heavy atom. The summed E-state index contributed by atoms with van der Waals surface area (Å²) >= 11 is 0. The number of benzene rings is 2. The number of hydrogen-bond acceptors (Lipinski definition) is 2. The van der Waals surface area contributed by atoms with Crippen LogP contribution in [0.5, 0.6) is 0 Å². The van der Waals surface area contributed by atoms with Gasteiger partial charge in [0.2, 0.25) is 0 Å². The van der Waals surface area contributed by atoms with Crippen LogP contribution in [0.4, 0.5) is 0 Å². The van der Waals surface area contributed by atoms with E-state index in [1.807, 2.05) is 72.2 Å². The Bertz CT molecular complexity index is 1090. The highest BCUT2D eigenvalue weighted by molar-refractivity contribution is 5.97. The summed E-state index contributed by atoms with van der Waals surface area (Å²) in [5, 5.41) is 0. The molecule has 5 heteroatoms. The molecule has 0 saturated carbocycles. The average Bonchev–Trinajstić information content (AvgIpc) is 3.12. The fourth-order valence-electron chi connectivity index (χ4n) is 4.38. The Morgan fingerprint density at radius 2 is 1.38 bits per heavy atom. The first-order chi connectivity index (χ1) is 15.5. The lowest BCUT2D eigenvalue weighted by atomic mass is 10.1. The highest BCUT2D eigenvalue weighted by Crippen LogP contribution is 2.20. The number of piperazine rings is 1. The standard InChI is InChI=1S/C27H31N3O2/c1-4-22-10-12-24(13-11-22)26(31)28-14-16-29(17-15-28)27(32)25-18-20(2)30(21(25)3)19-23-8-6-5-7-9-23/h5-13,18H,4,14-17,19H2,1-3H3. The summed E-state index contributed by atoms with van der Waals surface area (Å²) in [6.07, 6.45) is 0.960. The number of carbonyl (C=O) groups is 2. The van der Waals surface area contributed by atoms with Crippen molar-refractivity contribution in [1.29, 1.82) is 0 Å². The number of rotatable bonds is 5. The number of aromatic nitrogens is 1. The number of aryl methyl sites for hydroxylation is 2. The maximum atomic E-state index is 13.3. The molecule has 1 fully saturated rings. The third-order valence-corrected chi connectivity index (χ3v) is 6.45. The monoisotopic (exact) mass is 429 g/mol. The van der Waals surface area contributed by atoms with Crippen molar-refractivity contribution >= 4 is 11.8 Å². The zero-order chi connectivity index (χ0) is 22.7. The van der Waals surface area contributed by atoms with E-state index >= 15 is 0 Å².